The largest absolute Gasteiger partial charge is 0.487 e. The average Bonchev–Trinajstić information content (AvgIpc) is 2.43. The minimum atomic E-state index is -1.21. The van der Waals surface area contributed by atoms with Gasteiger partial charge in [0.05, 0.1) is 19.3 Å². The molecule has 0 unspecified atom stereocenters. The monoisotopic (exact) mass is 322 g/mol. The molecule has 3 rings (SSSR count). The molecule has 1 fully saturated rings. The van der Waals surface area contributed by atoms with Gasteiger partial charge in [-0.05, 0) is 24.3 Å². The van der Waals surface area contributed by atoms with Crippen LogP contribution in [0.3, 0.4) is 0 Å². The lowest BCUT2D eigenvalue weighted by atomic mass is 10.1. The number of carbonyl (C=O) groups is 1. The molecular weight excluding hydrogens is 311 g/mol. The molecule has 1 aliphatic rings. The summed E-state index contributed by atoms with van der Waals surface area (Å²) < 4.78 is 18.8. The van der Waals surface area contributed by atoms with Crippen LogP contribution in [0.5, 0.6) is 5.75 Å². The van der Waals surface area contributed by atoms with E-state index >= 15 is 0 Å². The van der Waals surface area contributed by atoms with Gasteiger partial charge in [0.2, 0.25) is 0 Å². The van der Waals surface area contributed by atoms with Gasteiger partial charge in [0, 0.05) is 5.02 Å². The van der Waals surface area contributed by atoms with Crippen molar-refractivity contribution in [3.63, 3.8) is 0 Å². The zero-order chi connectivity index (χ0) is 15.7. The number of aromatic carboxylic acids is 1. The number of halogens is 2. The molecule has 0 atom stereocenters. The van der Waals surface area contributed by atoms with Crippen molar-refractivity contribution in [3.05, 3.63) is 52.9 Å². The zero-order valence-corrected chi connectivity index (χ0v) is 12.1. The number of nitrogens with zero attached hydrogens (tertiary/aromatic N) is 2. The van der Waals surface area contributed by atoms with Crippen molar-refractivity contribution < 1.29 is 19.0 Å². The maximum absolute atomic E-state index is 13.1. The van der Waals surface area contributed by atoms with E-state index in [0.29, 0.717) is 23.9 Å². The lowest BCUT2D eigenvalue weighted by Crippen LogP contribution is -2.54. The summed E-state index contributed by atoms with van der Waals surface area (Å²) in [6.45, 7) is 0.955. The molecule has 1 N–H and O–H groups in total. The number of carboxylic acid groups (broad SMARTS) is 1. The quantitative estimate of drug-likeness (QED) is 0.937. The summed E-state index contributed by atoms with van der Waals surface area (Å²) >= 11 is 5.88. The van der Waals surface area contributed by atoms with Gasteiger partial charge in [-0.1, -0.05) is 17.7 Å². The molecule has 1 aromatic heterocycles. The van der Waals surface area contributed by atoms with Crippen molar-refractivity contribution in [2.75, 3.05) is 18.0 Å². The van der Waals surface area contributed by atoms with E-state index in [4.69, 9.17) is 21.4 Å². The van der Waals surface area contributed by atoms with Crippen molar-refractivity contribution in [3.8, 4) is 5.75 Å². The van der Waals surface area contributed by atoms with Crippen LogP contribution in [0.1, 0.15) is 10.4 Å². The number of ether oxygens (including phenoxy) is 1. The molecular formula is C15H12ClFN2O3. The second-order valence-corrected chi connectivity index (χ2v) is 5.37. The number of carboxylic acids is 1. The van der Waals surface area contributed by atoms with E-state index in [9.17, 15) is 9.18 Å². The Balaban J connectivity index is 1.67. The number of aromatic nitrogens is 1. The van der Waals surface area contributed by atoms with Crippen LogP contribution in [0, 0.1) is 5.82 Å². The summed E-state index contributed by atoms with van der Waals surface area (Å²) in [6.07, 6.45) is 0.916. The molecule has 2 aromatic rings. The predicted molar refractivity (Wildman–Crippen MR) is 79.2 cm³/mol. The Morgan fingerprint density at radius 2 is 2.18 bits per heavy atom. The van der Waals surface area contributed by atoms with Gasteiger partial charge in [-0.3, -0.25) is 0 Å². The fourth-order valence-electron chi connectivity index (χ4n) is 2.26. The molecule has 0 radical (unpaired) electrons. The number of rotatable bonds is 4. The van der Waals surface area contributed by atoms with E-state index in [2.05, 4.69) is 4.98 Å². The highest BCUT2D eigenvalue weighted by Gasteiger charge is 2.32. The third-order valence-corrected chi connectivity index (χ3v) is 3.55. The summed E-state index contributed by atoms with van der Waals surface area (Å²) in [5.74, 6) is -0.975. The first-order valence-corrected chi connectivity index (χ1v) is 6.97. The third-order valence-electron chi connectivity index (χ3n) is 3.31. The molecule has 5 nitrogen and oxygen atoms in total. The minimum absolute atomic E-state index is 0.0908. The standard InChI is InChI=1S/C15H12ClFN2O3/c16-9-2-1-3-11(4-9)22-12-7-19(8-12)14-13(15(20)21)5-10(17)6-18-14/h1-6,12H,7-8H2,(H,20,21). The number of pyridine rings is 1. The van der Waals surface area contributed by atoms with Gasteiger partial charge in [-0.2, -0.15) is 0 Å². The summed E-state index contributed by atoms with van der Waals surface area (Å²) in [7, 11) is 0. The molecule has 0 bridgehead atoms. The minimum Gasteiger partial charge on any atom is -0.487 e. The summed E-state index contributed by atoms with van der Waals surface area (Å²) in [6, 6.07) is 8.02. The third kappa shape index (κ3) is 2.96. The molecule has 114 valence electrons. The smallest absolute Gasteiger partial charge is 0.339 e. The van der Waals surface area contributed by atoms with Gasteiger partial charge in [-0.15, -0.1) is 0 Å². The molecule has 2 heterocycles. The summed E-state index contributed by atoms with van der Waals surface area (Å²) in [5.41, 5.74) is -0.152. The van der Waals surface area contributed by atoms with Crippen LogP contribution in [0.2, 0.25) is 5.02 Å². The lowest BCUT2D eigenvalue weighted by Gasteiger charge is -2.40. The number of hydrogen-bond donors (Lipinski definition) is 1. The molecule has 22 heavy (non-hydrogen) atoms. The Hall–Kier alpha value is -2.34. The first-order chi connectivity index (χ1) is 10.5. The molecule has 0 saturated carbocycles. The van der Waals surface area contributed by atoms with Gasteiger partial charge in [0.1, 0.15) is 29.1 Å². The highest BCUT2D eigenvalue weighted by atomic mass is 35.5. The van der Waals surface area contributed by atoms with Gasteiger partial charge in [-0.25, -0.2) is 14.2 Å². The Kier molecular flexibility index (Phi) is 3.85. The second-order valence-electron chi connectivity index (χ2n) is 4.93. The van der Waals surface area contributed by atoms with Gasteiger partial charge in [0.15, 0.2) is 0 Å². The van der Waals surface area contributed by atoms with Crippen LogP contribution < -0.4 is 9.64 Å². The molecule has 1 aromatic carbocycles. The van der Waals surface area contributed by atoms with E-state index < -0.39 is 11.8 Å². The van der Waals surface area contributed by atoms with Crippen LogP contribution in [-0.2, 0) is 0 Å². The first-order valence-electron chi connectivity index (χ1n) is 6.59. The van der Waals surface area contributed by atoms with E-state index in [1.165, 1.54) is 0 Å². The lowest BCUT2D eigenvalue weighted by molar-refractivity contribution is 0.0695. The van der Waals surface area contributed by atoms with Crippen LogP contribution in [0.15, 0.2) is 36.5 Å². The van der Waals surface area contributed by atoms with Gasteiger partial charge >= 0.3 is 5.97 Å². The average molecular weight is 323 g/mol. The molecule has 0 spiro atoms. The zero-order valence-electron chi connectivity index (χ0n) is 11.4. The van der Waals surface area contributed by atoms with Crippen LogP contribution >= 0.6 is 11.6 Å². The SMILES string of the molecule is O=C(O)c1cc(F)cnc1N1CC(Oc2cccc(Cl)c2)C1. The molecule has 0 amide bonds. The molecule has 1 aliphatic heterocycles. The first kappa shape index (κ1) is 14.6. The van der Waals surface area contributed by atoms with E-state index in [1.807, 2.05) is 0 Å². The molecule has 0 aliphatic carbocycles. The Morgan fingerprint density at radius 1 is 1.41 bits per heavy atom. The summed E-state index contributed by atoms with van der Waals surface area (Å²) in [4.78, 5) is 16.8. The van der Waals surface area contributed by atoms with Gasteiger partial charge < -0.3 is 14.7 Å². The van der Waals surface area contributed by atoms with E-state index in [1.54, 1.807) is 29.2 Å². The predicted octanol–water partition coefficient (Wildman–Crippen LogP) is 2.84. The van der Waals surface area contributed by atoms with Crippen molar-refractivity contribution in [2.24, 2.45) is 0 Å². The topological polar surface area (TPSA) is 62.7 Å². The fourth-order valence-corrected chi connectivity index (χ4v) is 2.44. The second kappa shape index (κ2) is 5.81. The fraction of sp³-hybridized carbons (Fsp3) is 0.200. The van der Waals surface area contributed by atoms with Gasteiger partial charge in [0.25, 0.3) is 0 Å². The number of anilines is 1. The van der Waals surface area contributed by atoms with Crippen LogP contribution in [0.25, 0.3) is 0 Å². The number of hydrogen-bond acceptors (Lipinski definition) is 4. The summed E-state index contributed by atoms with van der Waals surface area (Å²) in [5, 5.41) is 9.70. The van der Waals surface area contributed by atoms with Crippen LogP contribution in [-0.4, -0.2) is 35.3 Å². The molecule has 1 saturated heterocycles. The van der Waals surface area contributed by atoms with Crippen LogP contribution in [0.4, 0.5) is 10.2 Å². The Morgan fingerprint density at radius 3 is 2.86 bits per heavy atom. The van der Waals surface area contributed by atoms with Crippen molar-refractivity contribution in [1.29, 1.82) is 0 Å². The number of benzene rings is 1. The highest BCUT2D eigenvalue weighted by Crippen LogP contribution is 2.27. The maximum Gasteiger partial charge on any atom is 0.339 e. The highest BCUT2D eigenvalue weighted by molar-refractivity contribution is 6.30. The van der Waals surface area contributed by atoms with E-state index in [0.717, 1.165) is 12.3 Å². The van der Waals surface area contributed by atoms with E-state index in [-0.39, 0.29) is 17.5 Å². The normalized spacial score (nSPS) is 14.5. The molecule has 7 heteroatoms. The Bertz CT molecular complexity index is 720. The maximum atomic E-state index is 13.1. The Labute approximate surface area is 130 Å². The van der Waals surface area contributed by atoms with Crippen molar-refractivity contribution in [1.82, 2.24) is 4.98 Å². The van der Waals surface area contributed by atoms with Crippen molar-refractivity contribution in [2.45, 2.75) is 6.10 Å². The van der Waals surface area contributed by atoms with Crippen molar-refractivity contribution >= 4 is 23.4 Å².